The van der Waals surface area contributed by atoms with Crippen LogP contribution >= 0.6 is 11.3 Å². The Hall–Kier alpha value is -1.77. The standard InChI is InChI=1S/C13H13N3O3S2/c1-8-13(9(2)19-16-8)21(17,18)15-6-10-4-3-5-11-12(10)20-7-14-11/h3-5,7,15H,6H2,1-2H3. The van der Waals surface area contributed by atoms with E-state index >= 15 is 0 Å². The van der Waals surface area contributed by atoms with E-state index in [1.165, 1.54) is 11.3 Å². The predicted molar refractivity (Wildman–Crippen MR) is 79.6 cm³/mol. The topological polar surface area (TPSA) is 85.1 Å². The fourth-order valence-electron chi connectivity index (χ4n) is 2.19. The first kappa shape index (κ1) is 14.2. The fourth-order valence-corrected chi connectivity index (χ4v) is 4.32. The van der Waals surface area contributed by atoms with E-state index in [2.05, 4.69) is 14.9 Å². The van der Waals surface area contributed by atoms with Gasteiger partial charge in [-0.1, -0.05) is 17.3 Å². The van der Waals surface area contributed by atoms with Gasteiger partial charge in [-0.3, -0.25) is 0 Å². The van der Waals surface area contributed by atoms with Crippen LogP contribution in [0.1, 0.15) is 17.0 Å². The lowest BCUT2D eigenvalue weighted by atomic mass is 10.2. The van der Waals surface area contributed by atoms with E-state index in [4.69, 9.17) is 4.52 Å². The maximum atomic E-state index is 12.4. The molecule has 0 spiro atoms. The predicted octanol–water partition coefficient (Wildman–Crippen LogP) is 2.38. The third kappa shape index (κ3) is 2.57. The average Bonchev–Trinajstić information content (AvgIpc) is 3.03. The van der Waals surface area contributed by atoms with Crippen LogP contribution in [0.15, 0.2) is 33.1 Å². The van der Waals surface area contributed by atoms with Crippen LogP contribution < -0.4 is 4.72 Å². The molecular weight excluding hydrogens is 310 g/mol. The maximum Gasteiger partial charge on any atom is 0.246 e. The van der Waals surface area contributed by atoms with Gasteiger partial charge in [0.15, 0.2) is 5.76 Å². The molecule has 1 N–H and O–H groups in total. The first-order chi connectivity index (χ1) is 9.99. The highest BCUT2D eigenvalue weighted by Crippen LogP contribution is 2.23. The Morgan fingerprint density at radius 3 is 2.86 bits per heavy atom. The van der Waals surface area contributed by atoms with Gasteiger partial charge in [-0.2, -0.15) is 0 Å². The number of sulfonamides is 1. The van der Waals surface area contributed by atoms with Crippen LogP contribution in [0.25, 0.3) is 10.2 Å². The molecule has 0 unspecified atom stereocenters. The summed E-state index contributed by atoms with van der Waals surface area (Å²) in [7, 11) is -3.65. The van der Waals surface area contributed by atoms with Crippen molar-refractivity contribution in [1.29, 1.82) is 0 Å². The molecule has 2 aromatic heterocycles. The number of aryl methyl sites for hydroxylation is 2. The van der Waals surface area contributed by atoms with Gasteiger partial charge in [0.2, 0.25) is 10.0 Å². The quantitative estimate of drug-likeness (QED) is 0.797. The summed E-state index contributed by atoms with van der Waals surface area (Å²) in [6, 6.07) is 5.65. The lowest BCUT2D eigenvalue weighted by Gasteiger charge is -2.07. The summed E-state index contributed by atoms with van der Waals surface area (Å²) in [5.41, 5.74) is 3.87. The number of thiazole rings is 1. The van der Waals surface area contributed by atoms with E-state index in [0.29, 0.717) is 5.69 Å². The van der Waals surface area contributed by atoms with Crippen LogP contribution in [0, 0.1) is 13.8 Å². The van der Waals surface area contributed by atoms with Crippen LogP contribution in [-0.2, 0) is 16.6 Å². The minimum absolute atomic E-state index is 0.110. The van der Waals surface area contributed by atoms with Crippen molar-refractivity contribution in [3.8, 4) is 0 Å². The van der Waals surface area contributed by atoms with Crippen LogP contribution in [0.3, 0.4) is 0 Å². The van der Waals surface area contributed by atoms with Gasteiger partial charge < -0.3 is 4.52 Å². The van der Waals surface area contributed by atoms with Gasteiger partial charge in [0.1, 0.15) is 10.6 Å². The summed E-state index contributed by atoms with van der Waals surface area (Å²) in [6.07, 6.45) is 0. The van der Waals surface area contributed by atoms with E-state index in [9.17, 15) is 8.42 Å². The van der Waals surface area contributed by atoms with Gasteiger partial charge in [-0.05, 0) is 25.5 Å². The highest BCUT2D eigenvalue weighted by atomic mass is 32.2. The van der Waals surface area contributed by atoms with Crippen molar-refractivity contribution < 1.29 is 12.9 Å². The molecule has 0 atom stereocenters. The number of rotatable bonds is 4. The number of benzene rings is 1. The van der Waals surface area contributed by atoms with E-state index in [-0.39, 0.29) is 17.2 Å². The molecule has 0 radical (unpaired) electrons. The third-order valence-electron chi connectivity index (χ3n) is 3.13. The number of hydrogen-bond donors (Lipinski definition) is 1. The van der Waals surface area contributed by atoms with Gasteiger partial charge in [-0.25, -0.2) is 18.1 Å². The second-order valence-corrected chi connectivity index (χ2v) is 7.15. The average molecular weight is 323 g/mol. The molecule has 0 saturated carbocycles. The molecule has 110 valence electrons. The Morgan fingerprint density at radius 2 is 2.14 bits per heavy atom. The second-order valence-electron chi connectivity index (χ2n) is 4.60. The minimum Gasteiger partial charge on any atom is -0.360 e. The molecule has 2 heterocycles. The van der Waals surface area contributed by atoms with Crippen molar-refractivity contribution in [3.63, 3.8) is 0 Å². The number of fused-ring (bicyclic) bond motifs is 1. The van der Waals surface area contributed by atoms with E-state index in [1.54, 1.807) is 19.4 Å². The lowest BCUT2D eigenvalue weighted by Crippen LogP contribution is -2.24. The molecule has 0 fully saturated rings. The van der Waals surface area contributed by atoms with Crippen LogP contribution in [0.5, 0.6) is 0 Å². The summed E-state index contributed by atoms with van der Waals surface area (Å²) in [4.78, 5) is 4.33. The fraction of sp³-hybridized carbons (Fsp3) is 0.231. The molecule has 0 bridgehead atoms. The van der Waals surface area contributed by atoms with Crippen LogP contribution in [0.2, 0.25) is 0 Å². The smallest absolute Gasteiger partial charge is 0.246 e. The maximum absolute atomic E-state index is 12.4. The molecule has 8 heteroatoms. The summed E-state index contributed by atoms with van der Waals surface area (Å²) >= 11 is 1.49. The molecule has 1 aromatic carbocycles. The van der Waals surface area contributed by atoms with Gasteiger partial charge in [-0.15, -0.1) is 11.3 Å². The van der Waals surface area contributed by atoms with Crippen molar-refractivity contribution in [2.75, 3.05) is 0 Å². The molecule has 0 aliphatic rings. The molecule has 3 rings (SSSR count). The number of nitrogens with one attached hydrogen (secondary N) is 1. The second kappa shape index (κ2) is 5.21. The zero-order chi connectivity index (χ0) is 15.0. The zero-order valence-corrected chi connectivity index (χ0v) is 13.1. The Balaban J connectivity index is 1.89. The Labute approximate surface area is 125 Å². The normalized spacial score (nSPS) is 12.1. The number of nitrogens with zero attached hydrogens (tertiary/aromatic N) is 2. The Kier molecular flexibility index (Phi) is 3.52. The monoisotopic (exact) mass is 323 g/mol. The van der Waals surface area contributed by atoms with Crippen molar-refractivity contribution in [1.82, 2.24) is 14.9 Å². The summed E-state index contributed by atoms with van der Waals surface area (Å²) in [5.74, 6) is 0.288. The highest BCUT2D eigenvalue weighted by Gasteiger charge is 2.24. The third-order valence-corrected chi connectivity index (χ3v) is 5.69. The van der Waals surface area contributed by atoms with Gasteiger partial charge >= 0.3 is 0 Å². The number of aromatic nitrogens is 2. The molecule has 3 aromatic rings. The molecule has 21 heavy (non-hydrogen) atoms. The summed E-state index contributed by atoms with van der Waals surface area (Å²) < 4.78 is 33.2. The first-order valence-electron chi connectivity index (χ1n) is 6.22. The summed E-state index contributed by atoms with van der Waals surface area (Å²) in [6.45, 7) is 3.39. The minimum atomic E-state index is -3.65. The van der Waals surface area contributed by atoms with Crippen molar-refractivity contribution >= 4 is 31.6 Å². The van der Waals surface area contributed by atoms with Gasteiger partial charge in [0, 0.05) is 6.54 Å². The van der Waals surface area contributed by atoms with Gasteiger partial charge in [0.05, 0.1) is 15.7 Å². The molecule has 0 amide bonds. The van der Waals surface area contributed by atoms with Crippen molar-refractivity contribution in [2.45, 2.75) is 25.3 Å². The Morgan fingerprint density at radius 1 is 1.33 bits per heavy atom. The zero-order valence-electron chi connectivity index (χ0n) is 11.5. The highest BCUT2D eigenvalue weighted by molar-refractivity contribution is 7.89. The molecule has 0 aliphatic heterocycles. The largest absolute Gasteiger partial charge is 0.360 e. The lowest BCUT2D eigenvalue weighted by molar-refractivity contribution is 0.390. The SMILES string of the molecule is Cc1noc(C)c1S(=O)(=O)NCc1cccc2ncsc12. The van der Waals surface area contributed by atoms with Gasteiger partial charge in [0.25, 0.3) is 0 Å². The van der Waals surface area contributed by atoms with E-state index in [0.717, 1.165) is 15.8 Å². The van der Waals surface area contributed by atoms with Crippen molar-refractivity contribution in [3.05, 3.63) is 40.7 Å². The van der Waals surface area contributed by atoms with Crippen LogP contribution in [-0.4, -0.2) is 18.6 Å². The van der Waals surface area contributed by atoms with Crippen LogP contribution in [0.4, 0.5) is 0 Å². The molecule has 0 aliphatic carbocycles. The molecular formula is C13H13N3O3S2. The summed E-state index contributed by atoms with van der Waals surface area (Å²) in [5, 5.41) is 3.68. The van der Waals surface area contributed by atoms with Crippen molar-refractivity contribution in [2.24, 2.45) is 0 Å². The first-order valence-corrected chi connectivity index (χ1v) is 8.59. The van der Waals surface area contributed by atoms with E-state index in [1.807, 2.05) is 18.2 Å². The molecule has 6 nitrogen and oxygen atoms in total. The molecule has 0 saturated heterocycles. The number of hydrogen-bond acceptors (Lipinski definition) is 6. The van der Waals surface area contributed by atoms with E-state index < -0.39 is 10.0 Å². The Bertz CT molecular complexity index is 877.